The SMILES string of the molecule is FC(F)(F)c1ncc(Br)cc1S. The Balaban J connectivity index is 3.19. The Morgan fingerprint density at radius 1 is 1.42 bits per heavy atom. The topological polar surface area (TPSA) is 12.9 Å². The van der Waals surface area contributed by atoms with Crippen molar-refractivity contribution in [1.29, 1.82) is 0 Å². The van der Waals surface area contributed by atoms with Crippen LogP contribution in [0, 0.1) is 0 Å². The van der Waals surface area contributed by atoms with Crippen molar-refractivity contribution >= 4 is 28.6 Å². The lowest BCUT2D eigenvalue weighted by Crippen LogP contribution is -2.08. The van der Waals surface area contributed by atoms with Crippen molar-refractivity contribution in [3.8, 4) is 0 Å². The minimum absolute atomic E-state index is 0.183. The largest absolute Gasteiger partial charge is 0.434 e. The summed E-state index contributed by atoms with van der Waals surface area (Å²) in [6, 6.07) is 1.25. The van der Waals surface area contributed by atoms with Gasteiger partial charge in [0.15, 0.2) is 5.69 Å². The molecule has 66 valence electrons. The summed E-state index contributed by atoms with van der Waals surface area (Å²) in [5.41, 5.74) is -0.964. The highest BCUT2D eigenvalue weighted by molar-refractivity contribution is 9.10. The van der Waals surface area contributed by atoms with Crippen LogP contribution in [0.25, 0.3) is 0 Å². The van der Waals surface area contributed by atoms with Gasteiger partial charge in [-0.1, -0.05) is 0 Å². The predicted octanol–water partition coefficient (Wildman–Crippen LogP) is 3.15. The van der Waals surface area contributed by atoms with Crippen molar-refractivity contribution in [2.75, 3.05) is 0 Å². The fourth-order valence-corrected chi connectivity index (χ4v) is 1.48. The second kappa shape index (κ2) is 3.26. The maximum absolute atomic E-state index is 12.1. The predicted molar refractivity (Wildman–Crippen MR) is 44.2 cm³/mol. The molecule has 0 N–H and O–H groups in total. The first-order valence-corrected chi connectivity index (χ1v) is 4.07. The van der Waals surface area contributed by atoms with E-state index in [2.05, 4.69) is 33.5 Å². The van der Waals surface area contributed by atoms with Gasteiger partial charge in [0.25, 0.3) is 0 Å². The Bertz CT molecular complexity index is 299. The second-order valence-electron chi connectivity index (χ2n) is 2.02. The Kier molecular flexibility index (Phi) is 2.67. The van der Waals surface area contributed by atoms with Gasteiger partial charge >= 0.3 is 6.18 Å². The Morgan fingerprint density at radius 2 is 2.00 bits per heavy atom. The molecular formula is C6H3BrF3NS. The molecule has 0 aliphatic rings. The van der Waals surface area contributed by atoms with Crippen LogP contribution in [0.1, 0.15) is 5.69 Å². The van der Waals surface area contributed by atoms with Gasteiger partial charge in [-0.25, -0.2) is 4.98 Å². The summed E-state index contributed by atoms with van der Waals surface area (Å²) in [5.74, 6) is 0. The summed E-state index contributed by atoms with van der Waals surface area (Å²) in [7, 11) is 0. The van der Waals surface area contributed by atoms with Gasteiger partial charge in [-0.15, -0.1) is 12.6 Å². The molecule has 0 bridgehead atoms. The Labute approximate surface area is 80.5 Å². The standard InChI is InChI=1S/C6H3BrF3NS/c7-3-1-4(12)5(11-2-3)6(8,9)10/h1-2,12H. The average Bonchev–Trinajstić information content (AvgIpc) is 1.83. The van der Waals surface area contributed by atoms with E-state index in [1.165, 1.54) is 6.07 Å². The lowest BCUT2D eigenvalue weighted by Gasteiger charge is -2.07. The Morgan fingerprint density at radius 3 is 2.42 bits per heavy atom. The van der Waals surface area contributed by atoms with Crippen molar-refractivity contribution in [1.82, 2.24) is 4.98 Å². The monoisotopic (exact) mass is 257 g/mol. The highest BCUT2D eigenvalue weighted by atomic mass is 79.9. The first-order valence-electron chi connectivity index (χ1n) is 2.83. The van der Waals surface area contributed by atoms with Gasteiger partial charge in [0.2, 0.25) is 0 Å². The van der Waals surface area contributed by atoms with E-state index in [0.717, 1.165) is 6.20 Å². The Hall–Kier alpha value is -0.230. The summed E-state index contributed by atoms with van der Waals surface area (Å²) < 4.78 is 36.6. The highest BCUT2D eigenvalue weighted by Gasteiger charge is 2.34. The first-order chi connectivity index (χ1) is 5.41. The molecule has 0 atom stereocenters. The number of hydrogen-bond acceptors (Lipinski definition) is 2. The van der Waals surface area contributed by atoms with E-state index in [9.17, 15) is 13.2 Å². The third kappa shape index (κ3) is 2.13. The van der Waals surface area contributed by atoms with E-state index in [1.54, 1.807) is 0 Å². The van der Waals surface area contributed by atoms with Crippen molar-refractivity contribution in [3.63, 3.8) is 0 Å². The molecule has 1 heterocycles. The zero-order valence-corrected chi connectivity index (χ0v) is 8.04. The molecule has 0 aromatic carbocycles. The number of pyridine rings is 1. The van der Waals surface area contributed by atoms with E-state index >= 15 is 0 Å². The minimum Gasteiger partial charge on any atom is -0.250 e. The zero-order valence-electron chi connectivity index (χ0n) is 5.56. The fourth-order valence-electron chi connectivity index (χ4n) is 0.647. The molecule has 0 saturated carbocycles. The maximum atomic E-state index is 12.1. The van der Waals surface area contributed by atoms with Crippen LogP contribution in [-0.2, 0) is 6.18 Å². The average molecular weight is 258 g/mol. The molecule has 0 spiro atoms. The normalized spacial score (nSPS) is 11.8. The fraction of sp³-hybridized carbons (Fsp3) is 0.167. The third-order valence-corrected chi connectivity index (χ3v) is 1.88. The van der Waals surface area contributed by atoms with E-state index < -0.39 is 11.9 Å². The third-order valence-electron chi connectivity index (χ3n) is 1.10. The van der Waals surface area contributed by atoms with Crippen LogP contribution in [0.2, 0.25) is 0 Å². The second-order valence-corrected chi connectivity index (χ2v) is 3.42. The van der Waals surface area contributed by atoms with Crippen LogP contribution in [0.3, 0.4) is 0 Å². The quantitative estimate of drug-likeness (QED) is 0.705. The van der Waals surface area contributed by atoms with Crippen LogP contribution in [0.4, 0.5) is 13.2 Å². The number of alkyl halides is 3. The molecule has 1 aromatic heterocycles. The number of nitrogens with zero attached hydrogens (tertiary/aromatic N) is 1. The first kappa shape index (κ1) is 9.85. The van der Waals surface area contributed by atoms with Crippen LogP contribution in [0.15, 0.2) is 21.6 Å². The van der Waals surface area contributed by atoms with Crippen LogP contribution < -0.4 is 0 Å². The molecule has 1 rings (SSSR count). The molecule has 12 heavy (non-hydrogen) atoms. The van der Waals surface area contributed by atoms with E-state index in [-0.39, 0.29) is 4.90 Å². The molecule has 0 aliphatic carbocycles. The van der Waals surface area contributed by atoms with E-state index in [0.29, 0.717) is 4.47 Å². The van der Waals surface area contributed by atoms with Crippen LogP contribution in [0.5, 0.6) is 0 Å². The van der Waals surface area contributed by atoms with Gasteiger partial charge in [-0.3, -0.25) is 0 Å². The molecule has 6 heteroatoms. The van der Waals surface area contributed by atoms with Crippen molar-refractivity contribution in [2.24, 2.45) is 0 Å². The van der Waals surface area contributed by atoms with Crippen molar-refractivity contribution in [3.05, 3.63) is 22.4 Å². The highest BCUT2D eigenvalue weighted by Crippen LogP contribution is 2.32. The summed E-state index contributed by atoms with van der Waals surface area (Å²) >= 11 is 6.63. The minimum atomic E-state index is -4.43. The smallest absolute Gasteiger partial charge is 0.250 e. The summed E-state index contributed by atoms with van der Waals surface area (Å²) in [6.07, 6.45) is -3.35. The number of aromatic nitrogens is 1. The molecule has 0 saturated heterocycles. The number of halogens is 4. The number of rotatable bonds is 0. The number of thiol groups is 1. The molecule has 0 unspecified atom stereocenters. The van der Waals surface area contributed by atoms with Gasteiger partial charge in [-0.05, 0) is 22.0 Å². The summed E-state index contributed by atoms with van der Waals surface area (Å²) in [4.78, 5) is 3.02. The summed E-state index contributed by atoms with van der Waals surface area (Å²) in [6.45, 7) is 0. The van der Waals surface area contributed by atoms with Gasteiger partial charge in [-0.2, -0.15) is 13.2 Å². The molecule has 0 fully saturated rings. The van der Waals surface area contributed by atoms with Crippen molar-refractivity contribution in [2.45, 2.75) is 11.1 Å². The number of hydrogen-bond donors (Lipinski definition) is 1. The van der Waals surface area contributed by atoms with E-state index in [1.807, 2.05) is 0 Å². The molecule has 0 amide bonds. The van der Waals surface area contributed by atoms with Gasteiger partial charge in [0, 0.05) is 15.6 Å². The van der Waals surface area contributed by atoms with Gasteiger partial charge in [0.05, 0.1) is 0 Å². The van der Waals surface area contributed by atoms with Crippen LogP contribution >= 0.6 is 28.6 Å². The van der Waals surface area contributed by atoms with Gasteiger partial charge in [0.1, 0.15) is 0 Å². The van der Waals surface area contributed by atoms with Crippen molar-refractivity contribution < 1.29 is 13.2 Å². The molecule has 0 aliphatic heterocycles. The molecule has 1 nitrogen and oxygen atoms in total. The zero-order chi connectivity index (χ0) is 9.35. The lowest BCUT2D eigenvalue weighted by molar-refractivity contribution is -0.143. The summed E-state index contributed by atoms with van der Waals surface area (Å²) in [5, 5.41) is 0. The maximum Gasteiger partial charge on any atom is 0.434 e. The molecule has 1 aromatic rings. The molecule has 0 radical (unpaired) electrons. The lowest BCUT2D eigenvalue weighted by atomic mass is 10.3. The van der Waals surface area contributed by atoms with E-state index in [4.69, 9.17) is 0 Å². The van der Waals surface area contributed by atoms with Gasteiger partial charge < -0.3 is 0 Å². The molecular weight excluding hydrogens is 255 g/mol. The van der Waals surface area contributed by atoms with Crippen LogP contribution in [-0.4, -0.2) is 4.98 Å².